The van der Waals surface area contributed by atoms with Gasteiger partial charge in [-0.3, -0.25) is 0 Å². The molecule has 0 unspecified atom stereocenters. The van der Waals surface area contributed by atoms with Crippen LogP contribution in [0.25, 0.3) is 0 Å². The van der Waals surface area contributed by atoms with Crippen molar-refractivity contribution < 1.29 is 8.42 Å². The summed E-state index contributed by atoms with van der Waals surface area (Å²) in [4.78, 5) is 3.77. The molecule has 0 bridgehead atoms. The van der Waals surface area contributed by atoms with Gasteiger partial charge in [-0.05, 0) is 34.8 Å². The normalized spacial score (nSPS) is 18.4. The summed E-state index contributed by atoms with van der Waals surface area (Å²) in [5.74, 6) is 0. The summed E-state index contributed by atoms with van der Waals surface area (Å²) in [5.41, 5.74) is -0.997. The molecule has 0 saturated heterocycles. The Kier molecular flexibility index (Phi) is 4.93. The van der Waals surface area contributed by atoms with E-state index in [1.807, 2.05) is 0 Å². The van der Waals surface area contributed by atoms with Crippen LogP contribution in [0.4, 0.5) is 0 Å². The first kappa shape index (κ1) is 16.7. The van der Waals surface area contributed by atoms with Crippen molar-refractivity contribution in [2.75, 3.05) is 7.05 Å². The molecule has 1 fully saturated rings. The van der Waals surface area contributed by atoms with Crippen molar-refractivity contribution >= 4 is 37.6 Å². The van der Waals surface area contributed by atoms with Gasteiger partial charge in [0.05, 0.1) is 6.07 Å². The van der Waals surface area contributed by atoms with Gasteiger partial charge in [0, 0.05) is 17.7 Å². The van der Waals surface area contributed by atoms with Crippen molar-refractivity contribution in [3.05, 3.63) is 21.9 Å². The Morgan fingerprint density at radius 3 is 2.62 bits per heavy atom. The van der Waals surface area contributed by atoms with Crippen LogP contribution < -0.4 is 0 Å². The minimum absolute atomic E-state index is 0.0822. The van der Waals surface area contributed by atoms with Crippen LogP contribution >= 0.6 is 27.5 Å². The largest absolute Gasteiger partial charge is 0.247 e. The van der Waals surface area contributed by atoms with Gasteiger partial charge < -0.3 is 0 Å². The van der Waals surface area contributed by atoms with Crippen molar-refractivity contribution in [3.63, 3.8) is 0 Å². The zero-order valence-corrected chi connectivity index (χ0v) is 14.7. The molecule has 0 radical (unpaired) electrons. The van der Waals surface area contributed by atoms with E-state index in [9.17, 15) is 13.7 Å². The van der Waals surface area contributed by atoms with Gasteiger partial charge in [0.25, 0.3) is 0 Å². The molecule has 0 atom stereocenters. The predicted octanol–water partition coefficient (Wildman–Crippen LogP) is 3.34. The summed E-state index contributed by atoms with van der Waals surface area (Å²) in [5, 5.41) is 9.44. The Balaban J connectivity index is 2.48. The quantitative estimate of drug-likeness (QED) is 0.739. The van der Waals surface area contributed by atoms with Crippen LogP contribution in [0.2, 0.25) is 5.15 Å². The van der Waals surface area contributed by atoms with Crippen LogP contribution in [0.15, 0.2) is 21.6 Å². The number of hydrogen-bond acceptors (Lipinski definition) is 4. The number of halogens is 2. The Hall–Kier alpha value is -0.680. The lowest BCUT2D eigenvalue weighted by atomic mass is 9.83. The second kappa shape index (κ2) is 6.21. The Bertz CT molecular complexity index is 681. The van der Waals surface area contributed by atoms with Gasteiger partial charge in [-0.25, -0.2) is 13.4 Å². The van der Waals surface area contributed by atoms with Crippen molar-refractivity contribution in [3.8, 4) is 6.07 Å². The third-order valence-corrected chi connectivity index (χ3v) is 6.69. The molecular weight excluding hydrogens is 378 g/mol. The molecule has 21 heavy (non-hydrogen) atoms. The molecule has 2 rings (SSSR count). The molecule has 1 aromatic heterocycles. The molecule has 114 valence electrons. The van der Waals surface area contributed by atoms with E-state index < -0.39 is 15.6 Å². The van der Waals surface area contributed by atoms with Gasteiger partial charge in [0.1, 0.15) is 15.6 Å². The maximum atomic E-state index is 12.8. The van der Waals surface area contributed by atoms with Gasteiger partial charge in [-0.15, -0.1) is 0 Å². The molecule has 1 aromatic rings. The number of rotatable bonds is 3. The van der Waals surface area contributed by atoms with Crippen molar-refractivity contribution in [1.29, 1.82) is 5.26 Å². The van der Waals surface area contributed by atoms with E-state index >= 15 is 0 Å². The number of hydrogen-bond donors (Lipinski definition) is 0. The lowest BCUT2D eigenvalue weighted by Crippen LogP contribution is -2.49. The van der Waals surface area contributed by atoms with Gasteiger partial charge in [0.15, 0.2) is 0 Å². The Morgan fingerprint density at radius 1 is 1.43 bits per heavy atom. The summed E-state index contributed by atoms with van der Waals surface area (Å²) in [6, 6.07) is 3.61. The molecule has 8 heteroatoms. The molecule has 1 saturated carbocycles. The standard InChI is InChI=1S/C13H15BrClN3O2S/c1-18(13(9-16)5-3-2-4-6-13)21(19,20)11-7-10(14)8-17-12(11)15/h7-8H,2-6H2,1H3. The van der Waals surface area contributed by atoms with Gasteiger partial charge in [-0.1, -0.05) is 30.9 Å². The van der Waals surface area contributed by atoms with E-state index in [4.69, 9.17) is 11.6 Å². The maximum absolute atomic E-state index is 12.8. The van der Waals surface area contributed by atoms with Gasteiger partial charge in [-0.2, -0.15) is 9.57 Å². The van der Waals surface area contributed by atoms with E-state index in [0.29, 0.717) is 17.3 Å². The molecule has 0 N–H and O–H groups in total. The summed E-state index contributed by atoms with van der Waals surface area (Å²) in [6.45, 7) is 0. The fourth-order valence-corrected chi connectivity index (χ4v) is 4.99. The zero-order chi connectivity index (χ0) is 15.7. The molecule has 0 aliphatic heterocycles. The van der Waals surface area contributed by atoms with Crippen LogP contribution in [0.3, 0.4) is 0 Å². The molecule has 1 aliphatic rings. The highest BCUT2D eigenvalue weighted by Gasteiger charge is 2.43. The maximum Gasteiger partial charge on any atom is 0.247 e. The highest BCUT2D eigenvalue weighted by molar-refractivity contribution is 9.10. The van der Waals surface area contributed by atoms with Crippen LogP contribution in [0.1, 0.15) is 32.1 Å². The van der Waals surface area contributed by atoms with Crippen molar-refractivity contribution in [1.82, 2.24) is 9.29 Å². The van der Waals surface area contributed by atoms with E-state index in [2.05, 4.69) is 27.0 Å². The summed E-state index contributed by atoms with van der Waals surface area (Å²) < 4.78 is 27.3. The van der Waals surface area contributed by atoms with Crippen LogP contribution in [0, 0.1) is 11.3 Å². The average molecular weight is 393 g/mol. The van der Waals surface area contributed by atoms with Crippen LogP contribution in [-0.4, -0.2) is 30.3 Å². The fourth-order valence-electron chi connectivity index (χ4n) is 2.60. The van der Waals surface area contributed by atoms with E-state index in [1.54, 1.807) is 0 Å². The summed E-state index contributed by atoms with van der Waals surface area (Å²) >= 11 is 9.13. The number of nitriles is 1. The third kappa shape index (κ3) is 3.09. The smallest absolute Gasteiger partial charge is 0.242 e. The lowest BCUT2D eigenvalue weighted by molar-refractivity contribution is 0.212. The first-order chi connectivity index (χ1) is 9.83. The molecule has 1 aliphatic carbocycles. The highest BCUT2D eigenvalue weighted by Crippen LogP contribution is 2.37. The second-order valence-electron chi connectivity index (χ2n) is 5.12. The van der Waals surface area contributed by atoms with Crippen molar-refractivity contribution in [2.24, 2.45) is 0 Å². The third-order valence-electron chi connectivity index (χ3n) is 3.90. The Labute approximate surface area is 138 Å². The molecule has 5 nitrogen and oxygen atoms in total. The van der Waals surface area contributed by atoms with E-state index in [1.165, 1.54) is 19.3 Å². The summed E-state index contributed by atoms with van der Waals surface area (Å²) in [6.07, 6.45) is 5.23. The SMILES string of the molecule is CN(C1(C#N)CCCCC1)S(=O)(=O)c1cc(Br)cnc1Cl. The number of pyridine rings is 1. The van der Waals surface area contributed by atoms with Crippen molar-refractivity contribution in [2.45, 2.75) is 42.5 Å². The number of sulfonamides is 1. The van der Waals surface area contributed by atoms with Crippen LogP contribution in [0.5, 0.6) is 0 Å². The second-order valence-corrected chi connectivity index (χ2v) is 8.33. The molecule has 0 aromatic carbocycles. The molecule has 0 amide bonds. The molecular formula is C13H15BrClN3O2S. The highest BCUT2D eigenvalue weighted by atomic mass is 79.9. The fraction of sp³-hybridized carbons (Fsp3) is 0.538. The number of nitrogens with zero attached hydrogens (tertiary/aromatic N) is 3. The van der Waals surface area contributed by atoms with E-state index in [0.717, 1.165) is 23.6 Å². The lowest BCUT2D eigenvalue weighted by Gasteiger charge is -2.38. The van der Waals surface area contributed by atoms with E-state index in [-0.39, 0.29) is 10.0 Å². The minimum Gasteiger partial charge on any atom is -0.242 e. The predicted molar refractivity (Wildman–Crippen MR) is 83.3 cm³/mol. The molecule has 1 heterocycles. The average Bonchev–Trinajstić information content (AvgIpc) is 2.49. The first-order valence-electron chi connectivity index (χ1n) is 6.55. The molecule has 0 spiro atoms. The minimum atomic E-state index is -3.88. The van der Waals surface area contributed by atoms with Gasteiger partial charge >= 0.3 is 0 Å². The zero-order valence-electron chi connectivity index (χ0n) is 11.5. The van der Waals surface area contributed by atoms with Gasteiger partial charge in [0.2, 0.25) is 10.0 Å². The number of aromatic nitrogens is 1. The summed E-state index contributed by atoms with van der Waals surface area (Å²) in [7, 11) is -2.43. The topological polar surface area (TPSA) is 74.1 Å². The first-order valence-corrected chi connectivity index (χ1v) is 9.16. The van der Waals surface area contributed by atoms with Crippen LogP contribution in [-0.2, 0) is 10.0 Å². The Morgan fingerprint density at radius 2 is 2.05 bits per heavy atom. The monoisotopic (exact) mass is 391 g/mol.